The van der Waals surface area contributed by atoms with Crippen LogP contribution in [0.2, 0.25) is 0 Å². The summed E-state index contributed by atoms with van der Waals surface area (Å²) >= 11 is 1.65. The first kappa shape index (κ1) is 10.0. The van der Waals surface area contributed by atoms with E-state index >= 15 is 0 Å². The third kappa shape index (κ3) is 3.91. The van der Waals surface area contributed by atoms with E-state index in [1.54, 1.807) is 11.3 Å². The van der Waals surface area contributed by atoms with Gasteiger partial charge in [0.25, 0.3) is 0 Å². The molecule has 1 aromatic rings. The van der Waals surface area contributed by atoms with Crippen LogP contribution in [0.25, 0.3) is 0 Å². The lowest BCUT2D eigenvalue weighted by Crippen LogP contribution is -2.14. The van der Waals surface area contributed by atoms with Crippen molar-refractivity contribution in [1.82, 2.24) is 0 Å². The molecule has 0 aliphatic rings. The van der Waals surface area contributed by atoms with Crippen LogP contribution in [0.15, 0.2) is 22.7 Å². The molecule has 0 bridgehead atoms. The van der Waals surface area contributed by atoms with E-state index in [2.05, 4.69) is 5.16 Å². The fourth-order valence-electron chi connectivity index (χ4n) is 0.794. The monoisotopic (exact) mass is 200 g/mol. The summed E-state index contributed by atoms with van der Waals surface area (Å²) in [6.45, 7) is 1.07. The van der Waals surface area contributed by atoms with Crippen molar-refractivity contribution in [3.8, 4) is 0 Å². The van der Waals surface area contributed by atoms with Gasteiger partial charge in [0, 0.05) is 11.3 Å². The number of hydrogen-bond acceptors (Lipinski definition) is 4. The summed E-state index contributed by atoms with van der Waals surface area (Å²) in [5, 5.41) is 13.1. The molecule has 0 aromatic carbocycles. The summed E-state index contributed by atoms with van der Waals surface area (Å²) in [6.07, 6.45) is 0.460. The summed E-state index contributed by atoms with van der Waals surface area (Å²) < 4.78 is 5.29. The molecule has 0 saturated heterocycles. The third-order valence-corrected chi connectivity index (χ3v) is 2.31. The van der Waals surface area contributed by atoms with Gasteiger partial charge in [-0.1, -0.05) is 11.2 Å². The molecule has 3 N–H and O–H groups in total. The van der Waals surface area contributed by atoms with Gasteiger partial charge < -0.3 is 15.7 Å². The molecular formula is C8H12N2O2S. The van der Waals surface area contributed by atoms with E-state index in [9.17, 15) is 0 Å². The Morgan fingerprint density at radius 3 is 3.15 bits per heavy atom. The van der Waals surface area contributed by atoms with Crippen LogP contribution in [0, 0.1) is 0 Å². The summed E-state index contributed by atoms with van der Waals surface area (Å²) in [7, 11) is 0. The lowest BCUT2D eigenvalue weighted by Gasteiger charge is -2.00. The fraction of sp³-hybridized carbons (Fsp3) is 0.375. The highest BCUT2D eigenvalue weighted by Gasteiger charge is 1.95. The minimum absolute atomic E-state index is 0.200. The number of rotatable bonds is 5. The van der Waals surface area contributed by atoms with Gasteiger partial charge in [-0.2, -0.15) is 0 Å². The maximum Gasteiger partial charge on any atom is 0.141 e. The maximum atomic E-state index is 8.23. The number of amidine groups is 1. The molecule has 0 radical (unpaired) electrons. The molecule has 0 saturated carbocycles. The van der Waals surface area contributed by atoms with Crippen molar-refractivity contribution in [2.24, 2.45) is 10.9 Å². The topological polar surface area (TPSA) is 67.8 Å². The molecule has 4 nitrogen and oxygen atoms in total. The average molecular weight is 200 g/mol. The SMILES string of the molecule is NC(CCOCc1cccs1)=NO. The Balaban J connectivity index is 2.08. The van der Waals surface area contributed by atoms with Crippen molar-refractivity contribution >= 4 is 17.2 Å². The van der Waals surface area contributed by atoms with Crippen molar-refractivity contribution in [2.45, 2.75) is 13.0 Å². The zero-order valence-corrected chi connectivity index (χ0v) is 7.96. The largest absolute Gasteiger partial charge is 0.409 e. The van der Waals surface area contributed by atoms with Crippen LogP contribution in [0.3, 0.4) is 0 Å². The second kappa shape index (κ2) is 5.55. The number of oxime groups is 1. The van der Waals surface area contributed by atoms with E-state index in [1.807, 2.05) is 17.5 Å². The molecule has 0 aliphatic heterocycles. The molecule has 1 rings (SSSR count). The number of hydrogen-bond donors (Lipinski definition) is 2. The van der Waals surface area contributed by atoms with Gasteiger partial charge in [0.2, 0.25) is 0 Å². The van der Waals surface area contributed by atoms with E-state index < -0.39 is 0 Å². The third-order valence-electron chi connectivity index (χ3n) is 1.46. The molecule has 0 atom stereocenters. The van der Waals surface area contributed by atoms with Gasteiger partial charge in [-0.25, -0.2) is 0 Å². The smallest absolute Gasteiger partial charge is 0.141 e. The molecule has 13 heavy (non-hydrogen) atoms. The Morgan fingerprint density at radius 2 is 2.54 bits per heavy atom. The predicted octanol–water partition coefficient (Wildman–Crippen LogP) is 1.40. The second-order valence-corrected chi connectivity index (χ2v) is 3.51. The molecule has 0 amide bonds. The molecule has 0 aliphatic carbocycles. The Morgan fingerprint density at radius 1 is 1.69 bits per heavy atom. The number of thiophene rings is 1. The normalized spacial score (nSPS) is 11.8. The lowest BCUT2D eigenvalue weighted by molar-refractivity contribution is 0.129. The molecule has 5 heteroatoms. The van der Waals surface area contributed by atoms with E-state index in [4.69, 9.17) is 15.7 Å². The first-order chi connectivity index (χ1) is 6.33. The Hall–Kier alpha value is -1.07. The van der Waals surface area contributed by atoms with Crippen molar-refractivity contribution in [1.29, 1.82) is 0 Å². The van der Waals surface area contributed by atoms with E-state index in [1.165, 1.54) is 4.88 Å². The van der Waals surface area contributed by atoms with Gasteiger partial charge in [0.15, 0.2) is 0 Å². The van der Waals surface area contributed by atoms with Crippen molar-refractivity contribution in [3.63, 3.8) is 0 Å². The van der Waals surface area contributed by atoms with Gasteiger partial charge >= 0.3 is 0 Å². The standard InChI is InChI=1S/C8H12N2O2S/c9-8(10-11)3-4-12-6-7-2-1-5-13-7/h1-2,5,11H,3-4,6H2,(H2,9,10). The van der Waals surface area contributed by atoms with Crippen molar-refractivity contribution < 1.29 is 9.94 Å². The zero-order valence-electron chi connectivity index (χ0n) is 7.14. The van der Waals surface area contributed by atoms with Crippen LogP contribution >= 0.6 is 11.3 Å². The van der Waals surface area contributed by atoms with E-state index in [-0.39, 0.29) is 5.84 Å². The second-order valence-electron chi connectivity index (χ2n) is 2.47. The van der Waals surface area contributed by atoms with Crippen LogP contribution in [0.5, 0.6) is 0 Å². The lowest BCUT2D eigenvalue weighted by atomic mass is 10.4. The molecule has 1 aromatic heterocycles. The summed E-state index contributed by atoms with van der Waals surface area (Å²) in [5.74, 6) is 0.200. The highest BCUT2D eigenvalue weighted by Crippen LogP contribution is 2.09. The molecule has 0 spiro atoms. The number of ether oxygens (including phenoxy) is 1. The van der Waals surface area contributed by atoms with Gasteiger partial charge in [-0.3, -0.25) is 0 Å². The van der Waals surface area contributed by atoms with Gasteiger partial charge in [0.05, 0.1) is 13.2 Å². The maximum absolute atomic E-state index is 8.23. The highest BCUT2D eigenvalue weighted by atomic mass is 32.1. The van der Waals surface area contributed by atoms with Crippen LogP contribution in [0.4, 0.5) is 0 Å². The minimum Gasteiger partial charge on any atom is -0.409 e. The van der Waals surface area contributed by atoms with Crippen LogP contribution in [-0.4, -0.2) is 17.6 Å². The van der Waals surface area contributed by atoms with Crippen molar-refractivity contribution in [2.75, 3.05) is 6.61 Å². The van der Waals surface area contributed by atoms with Gasteiger partial charge in [0.1, 0.15) is 5.84 Å². The van der Waals surface area contributed by atoms with Crippen LogP contribution < -0.4 is 5.73 Å². The molecular weight excluding hydrogens is 188 g/mol. The summed E-state index contributed by atoms with van der Waals surface area (Å²) in [4.78, 5) is 1.18. The summed E-state index contributed by atoms with van der Waals surface area (Å²) in [5.41, 5.74) is 5.26. The molecule has 0 unspecified atom stereocenters. The summed E-state index contributed by atoms with van der Waals surface area (Å²) in [6, 6.07) is 3.99. The van der Waals surface area contributed by atoms with E-state index in [0.717, 1.165) is 0 Å². The average Bonchev–Trinajstić information content (AvgIpc) is 2.64. The molecule has 0 fully saturated rings. The van der Waals surface area contributed by atoms with Gasteiger partial charge in [-0.15, -0.1) is 11.3 Å². The fourth-order valence-corrected chi connectivity index (χ4v) is 1.43. The first-order valence-corrected chi connectivity index (χ1v) is 4.77. The Bertz CT molecular complexity index is 259. The number of nitrogens with zero attached hydrogens (tertiary/aromatic N) is 1. The Labute approximate surface area is 80.6 Å². The predicted molar refractivity (Wildman–Crippen MR) is 52.0 cm³/mol. The van der Waals surface area contributed by atoms with Crippen LogP contribution in [0.1, 0.15) is 11.3 Å². The molecule has 72 valence electrons. The first-order valence-electron chi connectivity index (χ1n) is 3.89. The Kier molecular flexibility index (Phi) is 4.28. The minimum atomic E-state index is 0.200. The van der Waals surface area contributed by atoms with Crippen LogP contribution in [-0.2, 0) is 11.3 Å². The highest BCUT2D eigenvalue weighted by molar-refractivity contribution is 7.09. The molecule has 1 heterocycles. The van der Waals surface area contributed by atoms with Gasteiger partial charge in [-0.05, 0) is 11.4 Å². The zero-order chi connectivity index (χ0) is 9.52. The van der Waals surface area contributed by atoms with Crippen molar-refractivity contribution in [3.05, 3.63) is 22.4 Å². The van der Waals surface area contributed by atoms with E-state index in [0.29, 0.717) is 19.6 Å². The number of nitrogens with two attached hydrogens (primary N) is 1. The quantitative estimate of drug-likeness (QED) is 0.248.